The lowest BCUT2D eigenvalue weighted by Gasteiger charge is -2.49. The van der Waals surface area contributed by atoms with E-state index in [1.165, 1.54) is 49.8 Å². The normalized spacial score (nSPS) is 35.6. The van der Waals surface area contributed by atoms with Crippen LogP contribution in [0.4, 0.5) is 0 Å². The molecule has 3 saturated heterocycles. The van der Waals surface area contributed by atoms with Crippen molar-refractivity contribution in [1.82, 2.24) is 0 Å². The molecule has 4 aliphatic heterocycles. The lowest BCUT2D eigenvalue weighted by molar-refractivity contribution is -0.385. The zero-order valence-electron chi connectivity index (χ0n) is 25.8. The number of ether oxygens (including phenoxy) is 9. The minimum Gasteiger partial charge on any atom is -0.502 e. The first-order valence-electron chi connectivity index (χ1n) is 15.3. The van der Waals surface area contributed by atoms with Gasteiger partial charge in [0.1, 0.15) is 35.9 Å². The SMILES string of the molecule is COc1cc(C2(O)c3cc4c(cc3C(OC3OC5COC(c6cccs6)OC5C(O)C3O)C3COC(=O)C32)OC(O)(O)O4)cc(OC)c1O. The maximum Gasteiger partial charge on any atom is 0.505 e. The Balaban J connectivity index is 1.20. The summed E-state index contributed by atoms with van der Waals surface area (Å²) < 4.78 is 50.8. The van der Waals surface area contributed by atoms with Crippen molar-refractivity contribution in [2.24, 2.45) is 11.8 Å². The van der Waals surface area contributed by atoms with Crippen LogP contribution in [0.25, 0.3) is 0 Å². The number of aliphatic hydroxyl groups is 5. The number of rotatable bonds is 6. The first-order chi connectivity index (χ1) is 23.4. The van der Waals surface area contributed by atoms with Crippen LogP contribution in [0.2, 0.25) is 0 Å². The fourth-order valence-electron chi connectivity index (χ4n) is 7.31. The Hall–Kier alpha value is -3.75. The van der Waals surface area contributed by atoms with Gasteiger partial charge in [-0.15, -0.1) is 11.3 Å². The highest BCUT2D eigenvalue weighted by molar-refractivity contribution is 7.10. The average Bonchev–Trinajstić information content (AvgIpc) is 3.83. The topological polar surface area (TPSA) is 222 Å². The lowest BCUT2D eigenvalue weighted by atomic mass is 9.63. The number of cyclic esters (lactones) is 1. The lowest BCUT2D eigenvalue weighted by Crippen LogP contribution is -2.62. The van der Waals surface area contributed by atoms with Gasteiger partial charge in [-0.3, -0.25) is 15.0 Å². The number of aliphatic hydroxyl groups excluding tert-OH is 2. The summed E-state index contributed by atoms with van der Waals surface area (Å²) in [6.45, 7) is -0.239. The molecule has 0 amide bonds. The highest BCUT2D eigenvalue weighted by Gasteiger charge is 2.62. The summed E-state index contributed by atoms with van der Waals surface area (Å²) in [7, 11) is 2.60. The molecule has 16 nitrogen and oxygen atoms in total. The molecule has 0 saturated carbocycles. The molecule has 3 aromatic rings. The van der Waals surface area contributed by atoms with Crippen molar-refractivity contribution in [3.05, 3.63) is 63.3 Å². The predicted molar refractivity (Wildman–Crippen MR) is 159 cm³/mol. The number of hydrogen-bond acceptors (Lipinski definition) is 17. The first kappa shape index (κ1) is 32.5. The molecule has 0 bridgehead atoms. The minimum atomic E-state index is -3.04. The highest BCUT2D eigenvalue weighted by Crippen LogP contribution is 2.59. The van der Waals surface area contributed by atoms with Gasteiger partial charge in [-0.1, -0.05) is 6.07 Å². The Kier molecular flexibility index (Phi) is 7.72. The summed E-state index contributed by atoms with van der Waals surface area (Å²) in [5.41, 5.74) is -2.02. The zero-order chi connectivity index (χ0) is 34.4. The van der Waals surface area contributed by atoms with E-state index in [-0.39, 0.29) is 58.7 Å². The van der Waals surface area contributed by atoms with Gasteiger partial charge in [0.05, 0.1) is 38.4 Å². The second-order valence-electron chi connectivity index (χ2n) is 12.3. The number of esters is 1. The molecule has 17 heteroatoms. The smallest absolute Gasteiger partial charge is 0.502 e. The van der Waals surface area contributed by atoms with Gasteiger partial charge in [-0.2, -0.15) is 0 Å². The first-order valence-corrected chi connectivity index (χ1v) is 16.1. The summed E-state index contributed by atoms with van der Waals surface area (Å²) in [6.07, 6.45) is -11.4. The number of phenols is 1. The van der Waals surface area contributed by atoms with Gasteiger partial charge in [-0.25, -0.2) is 0 Å². The van der Waals surface area contributed by atoms with Crippen molar-refractivity contribution in [2.45, 2.75) is 54.9 Å². The van der Waals surface area contributed by atoms with Crippen LogP contribution in [0.1, 0.15) is 34.0 Å². The number of thiophene rings is 1. The molecule has 6 N–H and O–H groups in total. The summed E-state index contributed by atoms with van der Waals surface area (Å²) in [6, 6.07) is 8.92. The van der Waals surface area contributed by atoms with Gasteiger partial charge in [0, 0.05) is 5.92 Å². The molecule has 5 aliphatic rings. The molecule has 0 radical (unpaired) electrons. The quantitative estimate of drug-likeness (QED) is 0.152. The van der Waals surface area contributed by atoms with Crippen molar-refractivity contribution in [3.63, 3.8) is 0 Å². The number of fused-ring (bicyclic) bond motifs is 4. The van der Waals surface area contributed by atoms with Gasteiger partial charge >= 0.3 is 12.1 Å². The summed E-state index contributed by atoms with van der Waals surface area (Å²) in [5.74, 6) is -3.94. The average molecular weight is 705 g/mol. The Labute approximate surface area is 281 Å². The highest BCUT2D eigenvalue weighted by atomic mass is 32.1. The maximum absolute atomic E-state index is 13.6. The van der Waals surface area contributed by atoms with Gasteiger partial charge < -0.3 is 63.1 Å². The van der Waals surface area contributed by atoms with Gasteiger partial charge in [0.15, 0.2) is 35.6 Å². The van der Waals surface area contributed by atoms with Crippen LogP contribution in [0, 0.1) is 11.8 Å². The molecule has 1 aromatic heterocycles. The molecule has 10 atom stereocenters. The third-order valence-corrected chi connectivity index (χ3v) is 10.5. The van der Waals surface area contributed by atoms with E-state index in [4.69, 9.17) is 42.6 Å². The third kappa shape index (κ3) is 5.04. The number of phenolic OH excluding ortho intramolecular Hbond substituents is 1. The standard InChI is InChI=1S/C32H32O16S/c1-40-18-6-12(7-19(41-2)23(18)33)31(37)15-9-17-16(47-32(38,39)48-17)8-13(15)26(14-10-42-28(36)22(14)31)45-30-25(35)24(34)27-20(44-30)11-43-29(46-27)21-4-3-5-49-21/h3-9,14,20,22,24-27,29-30,33-35,37-39H,10-11H2,1-2H3. The summed E-state index contributed by atoms with van der Waals surface area (Å²) in [5, 5.41) is 68.0. The molecule has 10 unspecified atom stereocenters. The Bertz CT molecular complexity index is 1740. The molecule has 5 heterocycles. The van der Waals surface area contributed by atoms with Gasteiger partial charge in [0.25, 0.3) is 0 Å². The van der Waals surface area contributed by atoms with E-state index in [1.807, 2.05) is 17.5 Å². The molecule has 0 spiro atoms. The molecule has 262 valence electrons. The van der Waals surface area contributed by atoms with Gasteiger partial charge in [0.2, 0.25) is 5.75 Å². The van der Waals surface area contributed by atoms with Crippen LogP contribution >= 0.6 is 11.3 Å². The van der Waals surface area contributed by atoms with Crippen molar-refractivity contribution in [2.75, 3.05) is 27.4 Å². The van der Waals surface area contributed by atoms with E-state index in [1.54, 1.807) is 0 Å². The Morgan fingerprint density at radius 3 is 2.33 bits per heavy atom. The van der Waals surface area contributed by atoms with Crippen LogP contribution < -0.4 is 18.9 Å². The van der Waals surface area contributed by atoms with E-state index in [2.05, 4.69) is 0 Å². The Morgan fingerprint density at radius 2 is 1.65 bits per heavy atom. The molecule has 8 rings (SSSR count). The molecule has 2 aromatic carbocycles. The molecule has 3 fully saturated rings. The van der Waals surface area contributed by atoms with Crippen molar-refractivity contribution < 1.29 is 78.1 Å². The predicted octanol–water partition coefficient (Wildman–Crippen LogP) is 0.495. The monoisotopic (exact) mass is 704 g/mol. The van der Waals surface area contributed by atoms with Crippen LogP contribution in [0.5, 0.6) is 28.7 Å². The minimum absolute atomic E-state index is 0.000655. The number of carbonyl (C=O) groups excluding carboxylic acids is 1. The fourth-order valence-corrected chi connectivity index (χ4v) is 8.02. The number of carbonyl (C=O) groups is 1. The molecule has 1 aliphatic carbocycles. The van der Waals surface area contributed by atoms with Crippen LogP contribution in [0.15, 0.2) is 41.8 Å². The fraction of sp³-hybridized carbons (Fsp3) is 0.469. The second kappa shape index (κ2) is 11.7. The molecular weight excluding hydrogens is 672 g/mol. The van der Waals surface area contributed by atoms with E-state index in [0.29, 0.717) is 0 Å². The van der Waals surface area contributed by atoms with Crippen molar-refractivity contribution in [1.29, 1.82) is 0 Å². The van der Waals surface area contributed by atoms with E-state index < -0.39 is 72.7 Å². The largest absolute Gasteiger partial charge is 0.505 e. The van der Waals surface area contributed by atoms with Crippen molar-refractivity contribution in [3.8, 4) is 28.7 Å². The number of hydrogen-bond donors (Lipinski definition) is 6. The van der Waals surface area contributed by atoms with Crippen molar-refractivity contribution >= 4 is 17.3 Å². The van der Waals surface area contributed by atoms with E-state index >= 15 is 0 Å². The Morgan fingerprint density at radius 1 is 0.939 bits per heavy atom. The van der Waals surface area contributed by atoms with Gasteiger partial charge in [-0.05, 0) is 52.4 Å². The zero-order valence-corrected chi connectivity index (χ0v) is 26.6. The van der Waals surface area contributed by atoms with Crippen LogP contribution in [-0.4, -0.2) is 101 Å². The second-order valence-corrected chi connectivity index (χ2v) is 13.2. The van der Waals surface area contributed by atoms with Crippen LogP contribution in [-0.2, 0) is 34.1 Å². The maximum atomic E-state index is 13.6. The molecule has 49 heavy (non-hydrogen) atoms. The summed E-state index contributed by atoms with van der Waals surface area (Å²) in [4.78, 5) is 14.3. The molecular formula is C32H32O16S. The number of methoxy groups -OCH3 is 2. The number of benzene rings is 2. The van der Waals surface area contributed by atoms with Crippen LogP contribution in [0.3, 0.4) is 0 Å². The van der Waals surface area contributed by atoms with E-state index in [9.17, 15) is 35.4 Å². The summed E-state index contributed by atoms with van der Waals surface area (Å²) >= 11 is 1.41. The van der Waals surface area contributed by atoms with E-state index in [0.717, 1.165) is 4.88 Å². The number of aromatic hydroxyl groups is 1. The third-order valence-electron chi connectivity index (χ3n) is 9.57.